The van der Waals surface area contributed by atoms with Gasteiger partial charge in [-0.15, -0.1) is 0 Å². The van der Waals surface area contributed by atoms with Crippen LogP contribution in [0.1, 0.15) is 35.6 Å². The predicted octanol–water partition coefficient (Wildman–Crippen LogP) is 7.12. The molecule has 0 spiro atoms. The smallest absolute Gasteiger partial charge is 0.260 e. The lowest BCUT2D eigenvalue weighted by Gasteiger charge is -2.33. The molecule has 1 heterocycles. The first-order valence-corrected chi connectivity index (χ1v) is 13.1. The van der Waals surface area contributed by atoms with Crippen molar-refractivity contribution in [1.29, 1.82) is 0 Å². The summed E-state index contributed by atoms with van der Waals surface area (Å²) in [5.41, 5.74) is 3.22. The maximum Gasteiger partial charge on any atom is 0.260 e. The minimum absolute atomic E-state index is 0.114. The zero-order valence-corrected chi connectivity index (χ0v) is 20.8. The normalized spacial score (nSPS) is 19.1. The molecule has 1 atom stereocenters. The molecule has 1 aliphatic heterocycles. The number of sulfonamides is 1. The molecule has 1 saturated carbocycles. The van der Waals surface area contributed by atoms with Crippen molar-refractivity contribution in [3.8, 4) is 0 Å². The Balaban J connectivity index is 1.71. The molecule has 1 unspecified atom stereocenters. The molecule has 8 heteroatoms. The molecule has 4 nitrogen and oxygen atoms in total. The van der Waals surface area contributed by atoms with E-state index in [1.165, 1.54) is 4.41 Å². The monoisotopic (exact) mass is 518 g/mol. The molecule has 1 aliphatic carbocycles. The van der Waals surface area contributed by atoms with Gasteiger partial charge in [0.05, 0.1) is 10.9 Å². The quantitative estimate of drug-likeness (QED) is 0.360. The van der Waals surface area contributed by atoms with Gasteiger partial charge in [0.2, 0.25) is 0 Å². The van der Waals surface area contributed by atoms with Crippen molar-refractivity contribution >= 4 is 50.4 Å². The molecule has 3 aromatic rings. The van der Waals surface area contributed by atoms with Gasteiger partial charge in [-0.3, -0.25) is 5.01 Å². The number of hydrogen-bond acceptors (Lipinski definition) is 3. The van der Waals surface area contributed by atoms with Crippen molar-refractivity contribution in [2.75, 3.05) is 0 Å². The van der Waals surface area contributed by atoms with E-state index in [0.717, 1.165) is 35.1 Å². The molecule has 0 amide bonds. The molecular formula is C25H21Cl3N2O2S. The number of hydrazine groups is 1. The molecule has 33 heavy (non-hydrogen) atoms. The molecule has 0 N–H and O–H groups in total. The van der Waals surface area contributed by atoms with Crippen LogP contribution in [0.4, 0.5) is 0 Å². The van der Waals surface area contributed by atoms with Crippen LogP contribution in [0.5, 0.6) is 0 Å². The van der Waals surface area contributed by atoms with Gasteiger partial charge < -0.3 is 0 Å². The van der Waals surface area contributed by atoms with Gasteiger partial charge in [0.25, 0.3) is 10.0 Å². The van der Waals surface area contributed by atoms with Gasteiger partial charge in [-0.25, -0.2) is 8.42 Å². The molecule has 5 rings (SSSR count). The highest BCUT2D eigenvalue weighted by molar-refractivity contribution is 7.89. The topological polar surface area (TPSA) is 40.6 Å². The summed E-state index contributed by atoms with van der Waals surface area (Å²) in [6, 6.07) is 19.1. The van der Waals surface area contributed by atoms with E-state index in [1.807, 2.05) is 42.4 Å². The van der Waals surface area contributed by atoms with E-state index in [9.17, 15) is 8.42 Å². The summed E-state index contributed by atoms with van der Waals surface area (Å²) in [5, 5.41) is 3.43. The Morgan fingerprint density at radius 2 is 1.58 bits per heavy atom. The van der Waals surface area contributed by atoms with Gasteiger partial charge in [0.1, 0.15) is 0 Å². The Hall–Kier alpha value is -2.02. The molecule has 3 aromatic carbocycles. The highest BCUT2D eigenvalue weighted by Gasteiger charge is 2.48. The highest BCUT2D eigenvalue weighted by atomic mass is 35.5. The van der Waals surface area contributed by atoms with E-state index in [0.29, 0.717) is 15.1 Å². The van der Waals surface area contributed by atoms with Crippen LogP contribution >= 0.6 is 34.8 Å². The van der Waals surface area contributed by atoms with E-state index in [4.69, 9.17) is 34.8 Å². The van der Waals surface area contributed by atoms with E-state index < -0.39 is 16.1 Å². The molecule has 0 aromatic heterocycles. The van der Waals surface area contributed by atoms with Crippen molar-refractivity contribution in [3.63, 3.8) is 0 Å². The van der Waals surface area contributed by atoms with Crippen LogP contribution in [0.2, 0.25) is 15.1 Å². The Bertz CT molecular complexity index is 1350. The Labute approximate surface area is 209 Å². The van der Waals surface area contributed by atoms with Crippen molar-refractivity contribution in [2.45, 2.75) is 36.7 Å². The number of nitrogens with zero attached hydrogens (tertiary/aromatic N) is 2. The standard InChI is InChI=1S/C25H21Cl3N2O2S/c1-16-3-2-4-21(13-16)33(31,32)30-25(17-5-7-18(26)8-6-17)23(15-29(30)20-10-11-20)22-12-9-19(27)14-24(22)28/h2-9,12-15,20,25H,10-11H2,1H3. The lowest BCUT2D eigenvalue weighted by atomic mass is 9.95. The summed E-state index contributed by atoms with van der Waals surface area (Å²) in [6.07, 6.45) is 3.76. The summed E-state index contributed by atoms with van der Waals surface area (Å²) >= 11 is 18.9. The molecule has 0 radical (unpaired) electrons. The Morgan fingerprint density at radius 3 is 2.21 bits per heavy atom. The maximum atomic E-state index is 14.1. The van der Waals surface area contributed by atoms with Crippen LogP contribution in [0.3, 0.4) is 0 Å². The third kappa shape index (κ3) is 4.29. The highest BCUT2D eigenvalue weighted by Crippen LogP contribution is 2.49. The van der Waals surface area contributed by atoms with E-state index in [-0.39, 0.29) is 10.9 Å². The number of hydrogen-bond donors (Lipinski definition) is 0. The minimum atomic E-state index is -3.88. The van der Waals surface area contributed by atoms with Gasteiger partial charge in [-0.05, 0) is 72.9 Å². The fraction of sp³-hybridized carbons (Fsp3) is 0.200. The van der Waals surface area contributed by atoms with Gasteiger partial charge in [-0.2, -0.15) is 0 Å². The number of aryl methyl sites for hydroxylation is 1. The predicted molar refractivity (Wildman–Crippen MR) is 134 cm³/mol. The van der Waals surface area contributed by atoms with Crippen LogP contribution in [-0.2, 0) is 10.0 Å². The average molecular weight is 520 g/mol. The number of benzene rings is 3. The zero-order valence-electron chi connectivity index (χ0n) is 17.8. The van der Waals surface area contributed by atoms with E-state index >= 15 is 0 Å². The van der Waals surface area contributed by atoms with Crippen molar-refractivity contribution < 1.29 is 8.42 Å². The first kappa shape index (κ1) is 22.8. The van der Waals surface area contributed by atoms with Crippen molar-refractivity contribution in [1.82, 2.24) is 9.42 Å². The third-order valence-electron chi connectivity index (χ3n) is 5.90. The fourth-order valence-corrected chi connectivity index (χ4v) is 6.55. The SMILES string of the molecule is Cc1cccc(S(=O)(=O)N2C(c3ccc(Cl)cc3)C(c3ccc(Cl)cc3Cl)=CN2C2CC2)c1. The summed E-state index contributed by atoms with van der Waals surface area (Å²) < 4.78 is 29.6. The number of rotatable bonds is 5. The van der Waals surface area contributed by atoms with Crippen molar-refractivity contribution in [2.24, 2.45) is 0 Å². The Morgan fingerprint density at radius 1 is 0.879 bits per heavy atom. The molecule has 2 aliphatic rings. The molecule has 0 saturated heterocycles. The van der Waals surface area contributed by atoms with Gasteiger partial charge in [0, 0.05) is 32.9 Å². The summed E-state index contributed by atoms with van der Waals surface area (Å²) in [7, 11) is -3.88. The molecular weight excluding hydrogens is 499 g/mol. The molecule has 1 fully saturated rings. The minimum Gasteiger partial charge on any atom is -0.295 e. The summed E-state index contributed by atoms with van der Waals surface area (Å²) in [4.78, 5) is 0.254. The van der Waals surface area contributed by atoms with E-state index in [2.05, 4.69) is 0 Å². The largest absolute Gasteiger partial charge is 0.295 e. The van der Waals surface area contributed by atoms with Crippen LogP contribution in [0.15, 0.2) is 77.8 Å². The van der Waals surface area contributed by atoms with Crippen LogP contribution in [0.25, 0.3) is 5.57 Å². The first-order valence-electron chi connectivity index (χ1n) is 10.6. The van der Waals surface area contributed by atoms with Crippen LogP contribution in [-0.4, -0.2) is 23.9 Å². The van der Waals surface area contributed by atoms with Gasteiger partial charge in [0.15, 0.2) is 0 Å². The van der Waals surface area contributed by atoms with Gasteiger partial charge >= 0.3 is 0 Å². The van der Waals surface area contributed by atoms with E-state index in [1.54, 1.807) is 42.5 Å². The lowest BCUT2D eigenvalue weighted by molar-refractivity contribution is 0.108. The first-order chi connectivity index (χ1) is 15.8. The Kier molecular flexibility index (Phi) is 5.96. The van der Waals surface area contributed by atoms with Crippen molar-refractivity contribution in [3.05, 3.63) is 105 Å². The number of halogens is 3. The second-order valence-corrected chi connectivity index (χ2v) is 11.4. The fourth-order valence-electron chi connectivity index (χ4n) is 4.17. The average Bonchev–Trinajstić information content (AvgIpc) is 3.54. The zero-order chi connectivity index (χ0) is 23.3. The van der Waals surface area contributed by atoms with Gasteiger partial charge in [-0.1, -0.05) is 69.5 Å². The summed E-state index contributed by atoms with van der Waals surface area (Å²) in [5.74, 6) is 0. The summed E-state index contributed by atoms with van der Waals surface area (Å²) in [6.45, 7) is 1.88. The maximum absolute atomic E-state index is 14.1. The molecule has 0 bridgehead atoms. The van der Waals surface area contributed by atoms with Crippen LogP contribution in [0, 0.1) is 6.92 Å². The second kappa shape index (κ2) is 8.64. The molecule has 170 valence electrons. The lowest BCUT2D eigenvalue weighted by Crippen LogP contribution is -2.43. The third-order valence-corrected chi connectivity index (χ3v) is 8.44. The second-order valence-electron chi connectivity index (χ2n) is 8.37. The van der Waals surface area contributed by atoms with Crippen LogP contribution < -0.4 is 0 Å².